The Balaban J connectivity index is 1.58. The smallest absolute Gasteiger partial charge is 0.255 e. The number of amides is 1. The molecule has 42 heavy (non-hydrogen) atoms. The zero-order chi connectivity index (χ0) is 30.1. The average molecular weight is 571 g/mol. The fraction of sp³-hybridized carbons (Fsp3) is 0.364. The van der Waals surface area contributed by atoms with Crippen LogP contribution in [0.3, 0.4) is 0 Å². The second kappa shape index (κ2) is 9.87. The minimum Gasteiger partial charge on any atom is -0.508 e. The van der Waals surface area contributed by atoms with Gasteiger partial charge in [0.05, 0.1) is 5.56 Å². The van der Waals surface area contributed by atoms with Crippen LogP contribution in [0, 0.1) is 11.8 Å². The number of hydrogen-bond acceptors (Lipinski definition) is 8. The van der Waals surface area contributed by atoms with E-state index in [0.29, 0.717) is 11.1 Å². The molecule has 6 rings (SSSR count). The molecule has 218 valence electrons. The van der Waals surface area contributed by atoms with Crippen molar-refractivity contribution in [3.63, 3.8) is 0 Å². The number of ketones is 2. The van der Waals surface area contributed by atoms with Gasteiger partial charge in [-0.25, -0.2) is 0 Å². The van der Waals surface area contributed by atoms with E-state index in [0.717, 1.165) is 48.1 Å². The van der Waals surface area contributed by atoms with Crippen molar-refractivity contribution in [2.75, 3.05) is 19.0 Å². The van der Waals surface area contributed by atoms with Crippen LogP contribution in [0.4, 0.5) is 5.69 Å². The largest absolute Gasteiger partial charge is 0.508 e. The minimum absolute atomic E-state index is 0.0928. The maximum absolute atomic E-state index is 14.0. The number of phenolic OH excluding ortho intramolecular Hbond substituents is 1. The molecule has 0 spiro atoms. The van der Waals surface area contributed by atoms with Crippen LogP contribution in [0.2, 0.25) is 0 Å². The third-order valence-corrected chi connectivity index (χ3v) is 9.40. The highest BCUT2D eigenvalue weighted by atomic mass is 16.3. The lowest BCUT2D eigenvalue weighted by Gasteiger charge is -2.46. The molecule has 0 radical (unpaired) electrons. The molecule has 3 atom stereocenters. The monoisotopic (exact) mass is 570 g/mol. The summed E-state index contributed by atoms with van der Waals surface area (Å²) in [4.78, 5) is 40.5. The number of primary amides is 1. The van der Waals surface area contributed by atoms with Crippen LogP contribution < -0.4 is 10.6 Å². The van der Waals surface area contributed by atoms with Gasteiger partial charge in [-0.3, -0.25) is 14.4 Å². The van der Waals surface area contributed by atoms with Crippen LogP contribution in [0.1, 0.15) is 55.2 Å². The van der Waals surface area contributed by atoms with Crippen molar-refractivity contribution in [1.82, 2.24) is 0 Å². The van der Waals surface area contributed by atoms with E-state index in [2.05, 4.69) is 6.08 Å². The third-order valence-electron chi connectivity index (χ3n) is 9.40. The Kier molecular flexibility index (Phi) is 6.53. The highest BCUT2D eigenvalue weighted by Crippen LogP contribution is 2.54. The lowest BCUT2D eigenvalue weighted by atomic mass is 9.59. The van der Waals surface area contributed by atoms with E-state index in [1.165, 1.54) is 0 Å². The maximum Gasteiger partial charge on any atom is 0.255 e. The van der Waals surface area contributed by atoms with E-state index in [-0.39, 0.29) is 36.1 Å². The Hall–Kier alpha value is -4.37. The summed E-state index contributed by atoms with van der Waals surface area (Å²) in [5.74, 6) is -6.25. The van der Waals surface area contributed by atoms with Crippen LogP contribution in [-0.4, -0.2) is 57.6 Å². The molecule has 4 aliphatic rings. The number of benzene rings is 2. The van der Waals surface area contributed by atoms with Gasteiger partial charge < -0.3 is 31.1 Å². The van der Waals surface area contributed by atoms with Crippen molar-refractivity contribution in [2.45, 2.75) is 50.5 Å². The number of fused-ring (bicyclic) bond motifs is 3. The van der Waals surface area contributed by atoms with Crippen molar-refractivity contribution in [3.8, 4) is 16.9 Å². The third kappa shape index (κ3) is 3.98. The van der Waals surface area contributed by atoms with Gasteiger partial charge in [-0.1, -0.05) is 18.2 Å². The maximum atomic E-state index is 14.0. The average Bonchev–Trinajstić information content (AvgIpc) is 2.95. The van der Waals surface area contributed by atoms with E-state index in [1.807, 2.05) is 49.3 Å². The molecule has 0 bridgehead atoms. The molecule has 4 aliphatic carbocycles. The van der Waals surface area contributed by atoms with Crippen molar-refractivity contribution in [1.29, 1.82) is 0 Å². The van der Waals surface area contributed by atoms with Gasteiger partial charge in [0.15, 0.2) is 11.4 Å². The van der Waals surface area contributed by atoms with Crippen LogP contribution in [-0.2, 0) is 20.8 Å². The summed E-state index contributed by atoms with van der Waals surface area (Å²) in [5.41, 5.74) is 6.80. The topological polar surface area (TPSA) is 161 Å². The number of nitrogens with zero attached hydrogens (tertiary/aromatic N) is 1. The number of anilines is 1. The normalized spacial score (nSPS) is 25.5. The Labute approximate surface area is 243 Å². The van der Waals surface area contributed by atoms with Crippen LogP contribution in [0.5, 0.6) is 5.75 Å². The first-order valence-electron chi connectivity index (χ1n) is 14.3. The van der Waals surface area contributed by atoms with Crippen molar-refractivity contribution >= 4 is 34.5 Å². The number of aromatic hydroxyl groups is 1. The van der Waals surface area contributed by atoms with E-state index in [9.17, 15) is 34.8 Å². The number of rotatable bonds is 4. The molecular formula is C33H34N2O7. The zero-order valence-corrected chi connectivity index (χ0v) is 23.6. The molecule has 1 saturated carbocycles. The molecule has 2 aromatic rings. The lowest BCUT2D eigenvalue weighted by molar-refractivity contribution is -0.147. The molecule has 0 heterocycles. The quantitative estimate of drug-likeness (QED) is 0.343. The summed E-state index contributed by atoms with van der Waals surface area (Å²) in [5, 5.41) is 45.8. The predicted octanol–water partition coefficient (Wildman–Crippen LogP) is 4.11. The Morgan fingerprint density at radius 3 is 2.36 bits per heavy atom. The second-order valence-electron chi connectivity index (χ2n) is 12.0. The van der Waals surface area contributed by atoms with E-state index in [4.69, 9.17) is 5.73 Å². The van der Waals surface area contributed by atoms with Gasteiger partial charge >= 0.3 is 0 Å². The second-order valence-corrected chi connectivity index (χ2v) is 12.0. The number of Topliss-reactive ketones (excluding diaryl/α,β-unsaturated/α-hetero) is 2. The van der Waals surface area contributed by atoms with E-state index in [1.54, 1.807) is 0 Å². The van der Waals surface area contributed by atoms with Gasteiger partial charge in [-0.05, 0) is 84.9 Å². The Morgan fingerprint density at radius 1 is 1.02 bits per heavy atom. The van der Waals surface area contributed by atoms with Crippen LogP contribution in [0.15, 0.2) is 53.3 Å². The molecule has 9 heteroatoms. The van der Waals surface area contributed by atoms with Crippen LogP contribution >= 0.6 is 0 Å². The molecule has 0 saturated heterocycles. The van der Waals surface area contributed by atoms with E-state index < -0.39 is 52.0 Å². The van der Waals surface area contributed by atoms with Crippen molar-refractivity contribution in [2.24, 2.45) is 17.6 Å². The van der Waals surface area contributed by atoms with Gasteiger partial charge in [-0.2, -0.15) is 0 Å². The van der Waals surface area contributed by atoms with E-state index >= 15 is 0 Å². The minimum atomic E-state index is -2.58. The molecule has 9 nitrogen and oxygen atoms in total. The fourth-order valence-electron chi connectivity index (χ4n) is 7.21. The zero-order valence-electron chi connectivity index (χ0n) is 23.6. The standard InChI is InChI=1S/C33H34N2O7/c1-35(2)20-10-8-17(9-11-20)21-15-22(16-6-4-3-5-7-16)28(37)26-23(21)13-18-12-19-14-24(36)27(32(34)41)31(40)33(19,42)30(39)25(18)29(26)38/h6,8-11,15,18-19,37-38,40,42H,3-5,7,12-14H2,1-2H3,(H2,34,41)/t18?,19-,33-/m0/s1. The number of nitrogens with two attached hydrogens (primary N) is 1. The molecule has 1 unspecified atom stereocenters. The fourth-order valence-corrected chi connectivity index (χ4v) is 7.21. The van der Waals surface area contributed by atoms with Gasteiger partial charge in [0.2, 0.25) is 5.78 Å². The SMILES string of the molecule is CN(C)c1ccc(-c2cc(C3=CCCCC3)c(O)c3c2CC2C[C@H]4CC(=O)C(C(N)=O)=C(O)[C@@]4(O)C(=O)C2=C3O)cc1. The van der Waals surface area contributed by atoms with Gasteiger partial charge in [0.25, 0.3) is 5.91 Å². The Bertz CT molecular complexity index is 1650. The number of allylic oxidation sites excluding steroid dienone is 2. The number of carbonyl (C=O) groups is 3. The van der Waals surface area contributed by atoms with Crippen molar-refractivity contribution in [3.05, 3.63) is 70.0 Å². The highest BCUT2D eigenvalue weighted by Gasteiger charge is 2.60. The van der Waals surface area contributed by atoms with Crippen molar-refractivity contribution < 1.29 is 34.8 Å². The molecule has 1 fully saturated rings. The summed E-state index contributed by atoms with van der Waals surface area (Å²) in [6.07, 6.45) is 5.73. The lowest BCUT2D eigenvalue weighted by Crippen LogP contribution is -2.58. The Morgan fingerprint density at radius 2 is 1.74 bits per heavy atom. The number of aliphatic hydroxyl groups excluding tert-OH is 2. The number of aliphatic hydroxyl groups is 3. The summed E-state index contributed by atoms with van der Waals surface area (Å²) in [6.45, 7) is 0. The predicted molar refractivity (Wildman–Crippen MR) is 158 cm³/mol. The number of phenols is 1. The summed E-state index contributed by atoms with van der Waals surface area (Å²) >= 11 is 0. The van der Waals surface area contributed by atoms with Gasteiger partial charge in [0.1, 0.15) is 22.8 Å². The molecule has 1 amide bonds. The van der Waals surface area contributed by atoms with Gasteiger partial charge in [0, 0.05) is 43.3 Å². The number of hydrogen-bond donors (Lipinski definition) is 5. The highest BCUT2D eigenvalue weighted by molar-refractivity contribution is 6.22. The van der Waals surface area contributed by atoms with Crippen LogP contribution in [0.25, 0.3) is 22.5 Å². The number of carbonyl (C=O) groups excluding carboxylic acids is 3. The first-order chi connectivity index (χ1) is 19.9. The molecule has 0 aromatic heterocycles. The first kappa shape index (κ1) is 27.8. The molecular weight excluding hydrogens is 536 g/mol. The summed E-state index contributed by atoms with van der Waals surface area (Å²) in [6, 6.07) is 9.89. The first-order valence-corrected chi connectivity index (χ1v) is 14.3. The molecule has 6 N–H and O–H groups in total. The summed E-state index contributed by atoms with van der Waals surface area (Å²) < 4.78 is 0. The summed E-state index contributed by atoms with van der Waals surface area (Å²) in [7, 11) is 3.90. The molecule has 0 aliphatic heterocycles. The van der Waals surface area contributed by atoms with Gasteiger partial charge in [-0.15, -0.1) is 0 Å². The molecule has 2 aromatic carbocycles.